The molecule has 0 unspecified atom stereocenters. The van der Waals surface area contributed by atoms with Gasteiger partial charge >= 0.3 is 6.09 Å². The minimum atomic E-state index is -0.725. The number of carbonyl (C=O) groups is 1. The summed E-state index contributed by atoms with van der Waals surface area (Å²) in [4.78, 5) is 14.4. The quantitative estimate of drug-likeness (QED) is 0.365. The molecule has 0 aliphatic carbocycles. The molecular formula is C30H32N4O2. The van der Waals surface area contributed by atoms with Gasteiger partial charge in [-0.25, -0.2) is 9.78 Å². The molecule has 3 aromatic carbocycles. The molecule has 0 atom stereocenters. The maximum atomic E-state index is 10.0. The van der Waals surface area contributed by atoms with E-state index in [1.165, 1.54) is 27.8 Å². The summed E-state index contributed by atoms with van der Waals surface area (Å²) >= 11 is 0. The normalized spacial score (nSPS) is 10.6. The number of primary amides is 1. The van der Waals surface area contributed by atoms with Crippen molar-refractivity contribution < 1.29 is 9.53 Å². The van der Waals surface area contributed by atoms with Crippen molar-refractivity contribution in [3.8, 4) is 17.2 Å². The highest BCUT2D eigenvalue weighted by Crippen LogP contribution is 2.23. The number of nitriles is 1. The lowest BCUT2D eigenvalue weighted by atomic mass is 9.99. The summed E-state index contributed by atoms with van der Waals surface area (Å²) in [5.41, 5.74) is 12.3. The van der Waals surface area contributed by atoms with Crippen LogP contribution in [-0.2, 0) is 17.7 Å². The molecule has 6 nitrogen and oxygen atoms in total. The first-order valence-electron chi connectivity index (χ1n) is 11.8. The van der Waals surface area contributed by atoms with Crippen molar-refractivity contribution in [2.24, 2.45) is 5.73 Å². The third-order valence-electron chi connectivity index (χ3n) is 5.44. The molecule has 0 bridgehead atoms. The molecule has 0 aliphatic rings. The van der Waals surface area contributed by atoms with Crippen molar-refractivity contribution in [2.45, 2.75) is 46.3 Å². The Hall–Kier alpha value is -4.37. The number of imidazole rings is 1. The molecule has 36 heavy (non-hydrogen) atoms. The van der Waals surface area contributed by atoms with Gasteiger partial charge in [0, 0.05) is 24.9 Å². The standard InChI is InChI=1S/C25H21N3.C5H11NO2/c1-19-4-2-3-5-25(19)23-12-10-22(11-13-23)17-28-18-27-16-24(28)14-20-6-8-21(15-26)9-7-20;1-5(2,3)8-4(6)7/h2-13,16,18H,14,17H2,1H3;1-3H3,(H2,6,7). The minimum absolute atomic E-state index is 0.453. The molecule has 0 radical (unpaired) electrons. The van der Waals surface area contributed by atoms with Crippen molar-refractivity contribution in [1.82, 2.24) is 9.55 Å². The van der Waals surface area contributed by atoms with Crippen LogP contribution in [0.3, 0.4) is 0 Å². The van der Waals surface area contributed by atoms with Crippen molar-refractivity contribution in [3.63, 3.8) is 0 Å². The van der Waals surface area contributed by atoms with Gasteiger partial charge in [-0.1, -0.05) is 60.7 Å². The number of aryl methyl sites for hydroxylation is 1. The summed E-state index contributed by atoms with van der Waals surface area (Å²) in [5, 5.41) is 8.94. The third-order valence-corrected chi connectivity index (χ3v) is 5.44. The van der Waals surface area contributed by atoms with Crippen LogP contribution in [-0.4, -0.2) is 21.2 Å². The monoisotopic (exact) mass is 480 g/mol. The zero-order valence-electron chi connectivity index (χ0n) is 21.2. The zero-order chi connectivity index (χ0) is 26.1. The van der Waals surface area contributed by atoms with Crippen LogP contribution in [0.1, 0.15) is 48.7 Å². The number of hydrogen-bond acceptors (Lipinski definition) is 4. The predicted octanol–water partition coefficient (Wildman–Crippen LogP) is 6.25. The molecule has 1 amide bonds. The van der Waals surface area contributed by atoms with Gasteiger partial charge in [-0.15, -0.1) is 0 Å². The predicted molar refractivity (Wildman–Crippen MR) is 142 cm³/mol. The molecule has 2 N–H and O–H groups in total. The topological polar surface area (TPSA) is 93.9 Å². The van der Waals surface area contributed by atoms with Gasteiger partial charge in [0.15, 0.2) is 0 Å². The van der Waals surface area contributed by atoms with Crippen LogP contribution in [0.15, 0.2) is 85.3 Å². The van der Waals surface area contributed by atoms with E-state index in [0.717, 1.165) is 18.7 Å². The second-order valence-corrected chi connectivity index (χ2v) is 9.54. The zero-order valence-corrected chi connectivity index (χ0v) is 21.2. The number of aromatic nitrogens is 2. The Bertz CT molecular complexity index is 1330. The van der Waals surface area contributed by atoms with Gasteiger partial charge in [-0.05, 0) is 67.6 Å². The highest BCUT2D eigenvalue weighted by molar-refractivity contribution is 5.67. The van der Waals surface area contributed by atoms with Crippen LogP contribution in [0.2, 0.25) is 0 Å². The van der Waals surface area contributed by atoms with E-state index in [1.807, 2.05) is 36.8 Å². The Morgan fingerprint density at radius 3 is 2.19 bits per heavy atom. The highest BCUT2D eigenvalue weighted by Gasteiger charge is 2.12. The van der Waals surface area contributed by atoms with Crippen LogP contribution < -0.4 is 5.73 Å². The fourth-order valence-corrected chi connectivity index (χ4v) is 3.73. The van der Waals surface area contributed by atoms with E-state index in [-0.39, 0.29) is 0 Å². The molecule has 4 aromatic rings. The summed E-state index contributed by atoms with van der Waals surface area (Å²) in [6.07, 6.45) is 3.87. The largest absolute Gasteiger partial charge is 0.444 e. The minimum Gasteiger partial charge on any atom is -0.444 e. The van der Waals surface area contributed by atoms with E-state index in [1.54, 1.807) is 20.8 Å². The summed E-state index contributed by atoms with van der Waals surface area (Å²) in [7, 11) is 0. The lowest BCUT2D eigenvalue weighted by molar-refractivity contribution is 0.0600. The SMILES string of the molecule is CC(C)(C)OC(N)=O.Cc1ccccc1-c1ccc(Cn2cncc2Cc2ccc(C#N)cc2)cc1. The average Bonchev–Trinajstić information content (AvgIpc) is 3.25. The average molecular weight is 481 g/mol. The van der Waals surface area contributed by atoms with Crippen molar-refractivity contribution >= 4 is 6.09 Å². The van der Waals surface area contributed by atoms with Gasteiger partial charge < -0.3 is 15.0 Å². The molecule has 6 heteroatoms. The second-order valence-electron chi connectivity index (χ2n) is 9.54. The van der Waals surface area contributed by atoms with Crippen LogP contribution in [0, 0.1) is 18.3 Å². The lowest BCUT2D eigenvalue weighted by Crippen LogP contribution is -2.27. The van der Waals surface area contributed by atoms with Crippen LogP contribution in [0.25, 0.3) is 11.1 Å². The molecule has 0 spiro atoms. The number of nitrogens with zero attached hydrogens (tertiary/aromatic N) is 3. The van der Waals surface area contributed by atoms with Crippen molar-refractivity contribution in [2.75, 3.05) is 0 Å². The fourth-order valence-electron chi connectivity index (χ4n) is 3.73. The number of benzene rings is 3. The molecule has 1 aromatic heterocycles. The maximum Gasteiger partial charge on any atom is 0.405 e. The molecular weight excluding hydrogens is 448 g/mol. The van der Waals surface area contributed by atoms with Gasteiger partial charge in [0.25, 0.3) is 0 Å². The molecule has 0 fully saturated rings. The smallest absolute Gasteiger partial charge is 0.405 e. The first kappa shape index (κ1) is 26.2. The third kappa shape index (κ3) is 7.85. The van der Waals surface area contributed by atoms with E-state index >= 15 is 0 Å². The van der Waals surface area contributed by atoms with E-state index in [0.29, 0.717) is 5.56 Å². The fraction of sp³-hybridized carbons (Fsp3) is 0.233. The number of ether oxygens (including phenoxy) is 1. The van der Waals surface area contributed by atoms with Crippen molar-refractivity contribution in [1.29, 1.82) is 5.26 Å². The number of nitrogens with two attached hydrogens (primary N) is 1. The molecule has 0 aliphatic heterocycles. The number of amides is 1. The van der Waals surface area contributed by atoms with Gasteiger partial charge in [0.1, 0.15) is 5.60 Å². The van der Waals surface area contributed by atoms with Gasteiger partial charge in [-0.2, -0.15) is 5.26 Å². The lowest BCUT2D eigenvalue weighted by Gasteiger charge is -2.16. The number of rotatable bonds is 5. The van der Waals surface area contributed by atoms with Crippen LogP contribution >= 0.6 is 0 Å². The number of hydrogen-bond donors (Lipinski definition) is 1. The second kappa shape index (κ2) is 11.9. The van der Waals surface area contributed by atoms with E-state index < -0.39 is 11.7 Å². The molecule has 4 rings (SSSR count). The van der Waals surface area contributed by atoms with Crippen molar-refractivity contribution in [3.05, 3.63) is 113 Å². The highest BCUT2D eigenvalue weighted by atomic mass is 16.6. The van der Waals surface area contributed by atoms with Gasteiger partial charge in [0.05, 0.1) is 18.0 Å². The van der Waals surface area contributed by atoms with E-state index in [2.05, 4.69) is 75.8 Å². The summed E-state index contributed by atoms with van der Waals surface area (Å²) in [6, 6.07) is 27.1. The van der Waals surface area contributed by atoms with E-state index in [9.17, 15) is 4.79 Å². The molecule has 0 saturated heterocycles. The Morgan fingerprint density at radius 1 is 1.00 bits per heavy atom. The molecule has 184 valence electrons. The molecule has 0 saturated carbocycles. The first-order chi connectivity index (χ1) is 17.1. The Balaban J connectivity index is 0.000000392. The Morgan fingerprint density at radius 2 is 1.64 bits per heavy atom. The Labute approximate surface area is 213 Å². The first-order valence-corrected chi connectivity index (χ1v) is 11.8. The van der Waals surface area contributed by atoms with Gasteiger partial charge in [-0.3, -0.25) is 0 Å². The van der Waals surface area contributed by atoms with E-state index in [4.69, 9.17) is 11.0 Å². The maximum absolute atomic E-state index is 10.0. The van der Waals surface area contributed by atoms with Crippen LogP contribution in [0.4, 0.5) is 4.79 Å². The molecule has 1 heterocycles. The van der Waals surface area contributed by atoms with Crippen LogP contribution in [0.5, 0.6) is 0 Å². The Kier molecular flexibility index (Phi) is 8.64. The summed E-state index contributed by atoms with van der Waals surface area (Å²) in [5.74, 6) is 0. The summed E-state index contributed by atoms with van der Waals surface area (Å²) in [6.45, 7) is 8.22. The summed E-state index contributed by atoms with van der Waals surface area (Å²) < 4.78 is 6.76. The van der Waals surface area contributed by atoms with Gasteiger partial charge in [0.2, 0.25) is 0 Å². The number of carbonyl (C=O) groups excluding carboxylic acids is 1.